The number of hydrogen-bond donors (Lipinski definition) is 1. The van der Waals surface area contributed by atoms with Crippen molar-refractivity contribution in [2.75, 3.05) is 11.9 Å². The highest BCUT2D eigenvalue weighted by atomic mass is 35.5. The normalized spacial score (nSPS) is 11.1. The van der Waals surface area contributed by atoms with Gasteiger partial charge >= 0.3 is 0 Å². The lowest BCUT2D eigenvalue weighted by Gasteiger charge is -2.10. The summed E-state index contributed by atoms with van der Waals surface area (Å²) in [5.41, 5.74) is 1.53. The molecule has 0 unspecified atom stereocenters. The predicted molar refractivity (Wildman–Crippen MR) is 82.1 cm³/mol. The molecule has 0 saturated heterocycles. The third-order valence-electron chi connectivity index (χ3n) is 3.45. The molecule has 0 radical (unpaired) electrons. The highest BCUT2D eigenvalue weighted by Crippen LogP contribution is 2.24. The fraction of sp³-hybridized carbons (Fsp3) is 0.200. The summed E-state index contributed by atoms with van der Waals surface area (Å²) in [6.45, 7) is 3.01. The molecule has 0 atom stereocenters. The van der Waals surface area contributed by atoms with Crippen molar-refractivity contribution >= 4 is 28.3 Å². The summed E-state index contributed by atoms with van der Waals surface area (Å²) < 4.78 is 29.0. The number of anilines is 1. The second kappa shape index (κ2) is 5.88. The highest BCUT2D eigenvalue weighted by Gasteiger charge is 2.12. The Bertz CT molecular complexity index is 832. The van der Waals surface area contributed by atoms with Crippen molar-refractivity contribution in [1.82, 2.24) is 14.5 Å². The van der Waals surface area contributed by atoms with Crippen molar-refractivity contribution in [2.45, 2.75) is 13.5 Å². The Morgan fingerprint density at radius 3 is 2.82 bits per heavy atom. The van der Waals surface area contributed by atoms with E-state index < -0.39 is 11.6 Å². The van der Waals surface area contributed by atoms with Gasteiger partial charge in [0.05, 0.1) is 5.52 Å². The van der Waals surface area contributed by atoms with Crippen molar-refractivity contribution in [3.05, 3.63) is 53.1 Å². The Morgan fingerprint density at radius 1 is 1.23 bits per heavy atom. The molecule has 3 rings (SSSR count). The van der Waals surface area contributed by atoms with E-state index >= 15 is 0 Å². The lowest BCUT2D eigenvalue weighted by molar-refractivity contribution is 0.517. The van der Waals surface area contributed by atoms with Gasteiger partial charge in [0.1, 0.15) is 17.3 Å². The SMILES string of the molecule is Cc1cc2c(F)c(F)ccc2n1CCNc1cc(Cl)ncn1. The third-order valence-corrected chi connectivity index (χ3v) is 3.66. The van der Waals surface area contributed by atoms with Gasteiger partial charge in [-0.15, -0.1) is 0 Å². The number of nitrogens with zero attached hydrogens (tertiary/aromatic N) is 3. The van der Waals surface area contributed by atoms with Crippen LogP contribution in [0.3, 0.4) is 0 Å². The van der Waals surface area contributed by atoms with Crippen LogP contribution >= 0.6 is 11.6 Å². The van der Waals surface area contributed by atoms with Gasteiger partial charge in [-0.1, -0.05) is 11.6 Å². The van der Waals surface area contributed by atoms with Gasteiger partial charge in [0.15, 0.2) is 11.6 Å². The number of halogens is 3. The Balaban J connectivity index is 1.79. The summed E-state index contributed by atoms with van der Waals surface area (Å²) >= 11 is 5.79. The zero-order valence-corrected chi connectivity index (χ0v) is 12.5. The molecule has 0 saturated carbocycles. The first kappa shape index (κ1) is 14.7. The molecule has 22 heavy (non-hydrogen) atoms. The molecule has 2 aromatic heterocycles. The van der Waals surface area contributed by atoms with Crippen molar-refractivity contribution in [2.24, 2.45) is 0 Å². The van der Waals surface area contributed by atoms with Crippen LogP contribution in [0.15, 0.2) is 30.6 Å². The van der Waals surface area contributed by atoms with Gasteiger partial charge in [0, 0.05) is 30.2 Å². The molecule has 0 aliphatic carbocycles. The average molecular weight is 323 g/mol. The topological polar surface area (TPSA) is 42.7 Å². The molecule has 0 spiro atoms. The zero-order valence-electron chi connectivity index (χ0n) is 11.8. The second-order valence-electron chi connectivity index (χ2n) is 4.88. The molecule has 3 aromatic rings. The summed E-state index contributed by atoms with van der Waals surface area (Å²) in [7, 11) is 0. The van der Waals surface area contributed by atoms with E-state index in [1.54, 1.807) is 18.2 Å². The van der Waals surface area contributed by atoms with E-state index in [2.05, 4.69) is 15.3 Å². The van der Waals surface area contributed by atoms with Crippen LogP contribution in [0, 0.1) is 18.6 Å². The molecule has 0 bridgehead atoms. The summed E-state index contributed by atoms with van der Waals surface area (Å²) in [6, 6.07) is 6.00. The molecule has 114 valence electrons. The predicted octanol–water partition coefficient (Wildman–Crippen LogP) is 3.78. The second-order valence-corrected chi connectivity index (χ2v) is 5.27. The van der Waals surface area contributed by atoms with E-state index in [0.29, 0.717) is 35.0 Å². The maximum Gasteiger partial charge on any atom is 0.168 e. The van der Waals surface area contributed by atoms with Crippen LogP contribution in [0.25, 0.3) is 10.9 Å². The molecular formula is C15H13ClF2N4. The maximum absolute atomic E-state index is 13.8. The van der Waals surface area contributed by atoms with Crippen LogP contribution < -0.4 is 5.32 Å². The van der Waals surface area contributed by atoms with E-state index in [1.165, 1.54) is 6.33 Å². The number of nitrogens with one attached hydrogen (secondary N) is 1. The van der Waals surface area contributed by atoms with Crippen molar-refractivity contribution in [1.29, 1.82) is 0 Å². The molecule has 7 heteroatoms. The summed E-state index contributed by atoms with van der Waals surface area (Å²) in [4.78, 5) is 7.85. The van der Waals surface area contributed by atoms with Gasteiger partial charge in [-0.25, -0.2) is 18.7 Å². The fourth-order valence-corrected chi connectivity index (χ4v) is 2.58. The van der Waals surface area contributed by atoms with Crippen molar-refractivity contribution < 1.29 is 8.78 Å². The Morgan fingerprint density at radius 2 is 2.05 bits per heavy atom. The molecule has 1 aromatic carbocycles. The minimum atomic E-state index is -0.835. The smallest absolute Gasteiger partial charge is 0.168 e. The van der Waals surface area contributed by atoms with Crippen LogP contribution in [0.1, 0.15) is 5.69 Å². The first-order valence-corrected chi connectivity index (χ1v) is 7.09. The van der Waals surface area contributed by atoms with Crippen LogP contribution in [0.4, 0.5) is 14.6 Å². The average Bonchev–Trinajstić information content (AvgIpc) is 2.80. The monoisotopic (exact) mass is 322 g/mol. The van der Waals surface area contributed by atoms with E-state index in [4.69, 9.17) is 11.6 Å². The summed E-state index contributed by atoms with van der Waals surface area (Å²) in [5.74, 6) is -1.03. The van der Waals surface area contributed by atoms with Gasteiger partial charge in [-0.05, 0) is 25.1 Å². The molecule has 0 aliphatic rings. The maximum atomic E-state index is 13.8. The first-order chi connectivity index (χ1) is 10.6. The van der Waals surface area contributed by atoms with E-state index in [0.717, 1.165) is 11.8 Å². The number of hydrogen-bond acceptors (Lipinski definition) is 3. The van der Waals surface area contributed by atoms with Crippen LogP contribution in [-0.2, 0) is 6.54 Å². The number of fused-ring (bicyclic) bond motifs is 1. The Labute approximate surface area is 130 Å². The lowest BCUT2D eigenvalue weighted by atomic mass is 10.2. The molecule has 0 aliphatic heterocycles. The summed E-state index contributed by atoms with van der Waals surface area (Å²) in [5, 5.41) is 3.77. The number of rotatable bonds is 4. The zero-order chi connectivity index (χ0) is 15.7. The van der Waals surface area contributed by atoms with Gasteiger partial charge in [0.25, 0.3) is 0 Å². The minimum Gasteiger partial charge on any atom is -0.368 e. The molecule has 0 amide bonds. The van der Waals surface area contributed by atoms with Crippen molar-refractivity contribution in [3.8, 4) is 0 Å². The molecular weight excluding hydrogens is 310 g/mol. The van der Waals surface area contributed by atoms with Gasteiger partial charge in [-0.3, -0.25) is 0 Å². The highest BCUT2D eigenvalue weighted by molar-refractivity contribution is 6.29. The summed E-state index contributed by atoms with van der Waals surface area (Å²) in [6.07, 6.45) is 1.37. The standard InChI is InChI=1S/C15H13ClF2N4/c1-9-6-10-12(3-2-11(17)15(10)18)22(9)5-4-19-14-7-13(16)20-8-21-14/h2-3,6-8H,4-5H2,1H3,(H,19,20,21). The largest absolute Gasteiger partial charge is 0.368 e. The fourth-order valence-electron chi connectivity index (χ4n) is 2.43. The molecule has 0 fully saturated rings. The molecule has 1 N–H and O–H groups in total. The van der Waals surface area contributed by atoms with Gasteiger partial charge in [-0.2, -0.15) is 0 Å². The number of aromatic nitrogens is 3. The van der Waals surface area contributed by atoms with Crippen LogP contribution in [0.5, 0.6) is 0 Å². The van der Waals surface area contributed by atoms with Gasteiger partial charge in [0.2, 0.25) is 0 Å². The molecule has 4 nitrogen and oxygen atoms in total. The lowest BCUT2D eigenvalue weighted by Crippen LogP contribution is -2.12. The molecule has 2 heterocycles. The van der Waals surface area contributed by atoms with Crippen molar-refractivity contribution in [3.63, 3.8) is 0 Å². The van der Waals surface area contributed by atoms with E-state index in [1.807, 2.05) is 11.5 Å². The van der Waals surface area contributed by atoms with Crippen LogP contribution in [0.2, 0.25) is 5.15 Å². The Hall–Kier alpha value is -2.21. The Kier molecular flexibility index (Phi) is 3.94. The van der Waals surface area contributed by atoms with Crippen LogP contribution in [-0.4, -0.2) is 21.1 Å². The minimum absolute atomic E-state index is 0.294. The number of benzene rings is 1. The van der Waals surface area contributed by atoms with E-state index in [-0.39, 0.29) is 0 Å². The third kappa shape index (κ3) is 2.74. The first-order valence-electron chi connectivity index (χ1n) is 6.71. The number of aryl methyl sites for hydroxylation is 1. The van der Waals surface area contributed by atoms with Gasteiger partial charge < -0.3 is 9.88 Å². The van der Waals surface area contributed by atoms with E-state index in [9.17, 15) is 8.78 Å². The quantitative estimate of drug-likeness (QED) is 0.743.